The molecule has 0 spiro atoms. The van der Waals surface area contributed by atoms with Crippen molar-refractivity contribution in [2.24, 2.45) is 10.9 Å². The molecule has 15 heavy (non-hydrogen) atoms. The summed E-state index contributed by atoms with van der Waals surface area (Å²) in [5, 5.41) is 11.4. The first-order valence-electron chi connectivity index (χ1n) is 4.86. The van der Waals surface area contributed by atoms with Crippen LogP contribution in [0.2, 0.25) is 0 Å². The fourth-order valence-corrected chi connectivity index (χ4v) is 1.18. The topological polar surface area (TPSA) is 85.7 Å². The normalized spacial score (nSPS) is 11.9. The van der Waals surface area contributed by atoms with Gasteiger partial charge in [0.1, 0.15) is 0 Å². The molecule has 0 bridgehead atoms. The summed E-state index contributed by atoms with van der Waals surface area (Å²) in [5.74, 6) is 0.466. The van der Waals surface area contributed by atoms with E-state index in [2.05, 4.69) is 17.1 Å². The molecule has 0 saturated carbocycles. The Labute approximate surface area is 88.4 Å². The molecule has 84 valence electrons. The van der Waals surface area contributed by atoms with E-state index >= 15 is 0 Å². The van der Waals surface area contributed by atoms with E-state index in [4.69, 9.17) is 15.7 Å². The van der Waals surface area contributed by atoms with Crippen molar-refractivity contribution in [2.45, 2.75) is 19.9 Å². The van der Waals surface area contributed by atoms with Gasteiger partial charge in [-0.15, -0.1) is 0 Å². The Morgan fingerprint density at radius 2 is 2.47 bits per heavy atom. The van der Waals surface area contributed by atoms with Crippen molar-refractivity contribution in [3.05, 3.63) is 18.2 Å². The third-order valence-corrected chi connectivity index (χ3v) is 1.88. The second-order valence-corrected chi connectivity index (χ2v) is 3.04. The van der Waals surface area contributed by atoms with Crippen LogP contribution in [0.4, 0.5) is 0 Å². The Morgan fingerprint density at radius 3 is 3.13 bits per heavy atom. The van der Waals surface area contributed by atoms with E-state index in [-0.39, 0.29) is 5.84 Å². The fraction of sp³-hybridized carbons (Fsp3) is 0.556. The molecule has 0 radical (unpaired) electrons. The van der Waals surface area contributed by atoms with Gasteiger partial charge in [0.15, 0.2) is 5.82 Å². The van der Waals surface area contributed by atoms with Crippen LogP contribution in [0.1, 0.15) is 19.2 Å². The maximum atomic E-state index is 8.52. The van der Waals surface area contributed by atoms with Gasteiger partial charge in [-0.25, -0.2) is 4.98 Å². The van der Waals surface area contributed by atoms with Crippen LogP contribution >= 0.6 is 0 Å². The fourth-order valence-electron chi connectivity index (χ4n) is 1.18. The standard InChI is InChI=1S/C9H16N4O2/c1-2-6-15-7-5-13-4-3-11-9(13)8(10)12-14/h3-4,14H,2,5-7H2,1H3,(H2,10,12). The zero-order valence-electron chi connectivity index (χ0n) is 8.76. The van der Waals surface area contributed by atoms with Gasteiger partial charge in [-0.1, -0.05) is 12.1 Å². The van der Waals surface area contributed by atoms with E-state index in [1.165, 1.54) is 0 Å². The zero-order valence-corrected chi connectivity index (χ0v) is 8.76. The lowest BCUT2D eigenvalue weighted by Crippen LogP contribution is -2.20. The zero-order chi connectivity index (χ0) is 11.1. The molecule has 3 N–H and O–H groups in total. The van der Waals surface area contributed by atoms with E-state index in [0.29, 0.717) is 19.0 Å². The second kappa shape index (κ2) is 6.02. The number of hydrogen-bond acceptors (Lipinski definition) is 4. The number of nitrogens with zero attached hydrogens (tertiary/aromatic N) is 3. The summed E-state index contributed by atoms with van der Waals surface area (Å²) in [6.45, 7) is 4.04. The maximum absolute atomic E-state index is 8.52. The summed E-state index contributed by atoms with van der Waals surface area (Å²) >= 11 is 0. The Kier molecular flexibility index (Phi) is 4.62. The van der Waals surface area contributed by atoms with Crippen molar-refractivity contribution < 1.29 is 9.94 Å². The number of oxime groups is 1. The van der Waals surface area contributed by atoms with E-state index in [0.717, 1.165) is 13.0 Å². The molecule has 1 aromatic heterocycles. The average Bonchev–Trinajstić information content (AvgIpc) is 2.71. The minimum atomic E-state index is 0.00971. The van der Waals surface area contributed by atoms with Crippen LogP contribution in [0.5, 0.6) is 0 Å². The summed E-state index contributed by atoms with van der Waals surface area (Å²) < 4.78 is 7.12. The summed E-state index contributed by atoms with van der Waals surface area (Å²) in [6, 6.07) is 0. The highest BCUT2D eigenvalue weighted by Crippen LogP contribution is 1.97. The molecule has 6 heteroatoms. The largest absolute Gasteiger partial charge is 0.409 e. The molecule has 0 fully saturated rings. The molecule has 1 heterocycles. The lowest BCUT2D eigenvalue weighted by Gasteiger charge is -2.06. The predicted molar refractivity (Wildman–Crippen MR) is 55.8 cm³/mol. The Balaban J connectivity index is 2.50. The molecule has 0 atom stereocenters. The monoisotopic (exact) mass is 212 g/mol. The van der Waals surface area contributed by atoms with Gasteiger partial charge < -0.3 is 20.2 Å². The molecule has 1 rings (SSSR count). The van der Waals surface area contributed by atoms with Crippen molar-refractivity contribution in [2.75, 3.05) is 13.2 Å². The van der Waals surface area contributed by atoms with Crippen molar-refractivity contribution in [3.63, 3.8) is 0 Å². The van der Waals surface area contributed by atoms with Crippen LogP contribution in [0.25, 0.3) is 0 Å². The number of imidazole rings is 1. The number of aromatic nitrogens is 2. The summed E-state index contributed by atoms with van der Waals surface area (Å²) in [7, 11) is 0. The van der Waals surface area contributed by atoms with Crippen LogP contribution in [0.15, 0.2) is 17.5 Å². The quantitative estimate of drug-likeness (QED) is 0.235. The van der Waals surface area contributed by atoms with Gasteiger partial charge in [-0.3, -0.25) is 0 Å². The predicted octanol–water partition coefficient (Wildman–Crippen LogP) is 0.404. The first-order valence-corrected chi connectivity index (χ1v) is 4.86. The van der Waals surface area contributed by atoms with Gasteiger partial charge in [0.2, 0.25) is 5.84 Å². The molecule has 6 nitrogen and oxygen atoms in total. The second-order valence-electron chi connectivity index (χ2n) is 3.04. The Hall–Kier alpha value is -1.56. The van der Waals surface area contributed by atoms with Gasteiger partial charge >= 0.3 is 0 Å². The number of amidine groups is 1. The maximum Gasteiger partial charge on any atom is 0.206 e. The summed E-state index contributed by atoms with van der Waals surface area (Å²) in [5.41, 5.74) is 5.45. The number of rotatable bonds is 6. The minimum absolute atomic E-state index is 0.00971. The molecule has 1 aromatic rings. The Bertz CT molecular complexity index is 322. The molecule has 0 aliphatic heterocycles. The summed E-state index contributed by atoms with van der Waals surface area (Å²) in [6.07, 6.45) is 4.37. The van der Waals surface area contributed by atoms with Crippen molar-refractivity contribution in [1.29, 1.82) is 0 Å². The van der Waals surface area contributed by atoms with Gasteiger partial charge in [-0.05, 0) is 6.42 Å². The van der Waals surface area contributed by atoms with Crippen LogP contribution < -0.4 is 5.73 Å². The third-order valence-electron chi connectivity index (χ3n) is 1.88. The molecule has 0 unspecified atom stereocenters. The smallest absolute Gasteiger partial charge is 0.206 e. The number of ether oxygens (including phenoxy) is 1. The van der Waals surface area contributed by atoms with Crippen molar-refractivity contribution in [3.8, 4) is 0 Å². The Morgan fingerprint density at radius 1 is 1.67 bits per heavy atom. The van der Waals surface area contributed by atoms with E-state index in [1.807, 2.05) is 0 Å². The lowest BCUT2D eigenvalue weighted by molar-refractivity contribution is 0.126. The van der Waals surface area contributed by atoms with E-state index < -0.39 is 0 Å². The third kappa shape index (κ3) is 3.25. The summed E-state index contributed by atoms with van der Waals surface area (Å²) in [4.78, 5) is 3.98. The van der Waals surface area contributed by atoms with Crippen LogP contribution in [0, 0.1) is 0 Å². The highest BCUT2D eigenvalue weighted by atomic mass is 16.5. The van der Waals surface area contributed by atoms with E-state index in [1.54, 1.807) is 17.0 Å². The molecule has 0 aliphatic carbocycles. The van der Waals surface area contributed by atoms with Crippen LogP contribution in [-0.2, 0) is 11.3 Å². The molecular weight excluding hydrogens is 196 g/mol. The van der Waals surface area contributed by atoms with Gasteiger partial charge in [-0.2, -0.15) is 0 Å². The highest BCUT2D eigenvalue weighted by molar-refractivity contribution is 5.93. The molecule has 0 aliphatic rings. The van der Waals surface area contributed by atoms with Crippen LogP contribution in [-0.4, -0.2) is 33.8 Å². The van der Waals surface area contributed by atoms with Gasteiger partial charge in [0.05, 0.1) is 6.61 Å². The lowest BCUT2D eigenvalue weighted by atomic mass is 10.5. The number of nitrogens with two attached hydrogens (primary N) is 1. The van der Waals surface area contributed by atoms with Crippen LogP contribution in [0.3, 0.4) is 0 Å². The molecule has 0 saturated heterocycles. The SMILES string of the molecule is CCCOCCn1ccnc1/C(N)=N/O. The highest BCUT2D eigenvalue weighted by Gasteiger charge is 2.06. The first-order chi connectivity index (χ1) is 7.29. The molecular formula is C9H16N4O2. The molecule has 0 aromatic carbocycles. The van der Waals surface area contributed by atoms with Gasteiger partial charge in [0.25, 0.3) is 0 Å². The van der Waals surface area contributed by atoms with E-state index in [9.17, 15) is 0 Å². The van der Waals surface area contributed by atoms with Gasteiger partial charge in [0, 0.05) is 25.5 Å². The number of hydrogen-bond donors (Lipinski definition) is 2. The average molecular weight is 212 g/mol. The van der Waals surface area contributed by atoms with Crippen molar-refractivity contribution in [1.82, 2.24) is 9.55 Å². The molecule has 0 amide bonds. The van der Waals surface area contributed by atoms with Crippen molar-refractivity contribution >= 4 is 5.84 Å². The first kappa shape index (κ1) is 11.5. The minimum Gasteiger partial charge on any atom is -0.409 e.